The molecule has 0 aliphatic carbocycles. The van der Waals surface area contributed by atoms with Crippen LogP contribution in [0.25, 0.3) is 5.69 Å². The van der Waals surface area contributed by atoms with Crippen molar-refractivity contribution in [2.24, 2.45) is 0 Å². The van der Waals surface area contributed by atoms with Crippen LogP contribution >= 0.6 is 23.4 Å². The van der Waals surface area contributed by atoms with E-state index in [1.807, 2.05) is 54.1 Å². The Morgan fingerprint density at radius 1 is 1.11 bits per heavy atom. The third-order valence-corrected chi connectivity index (χ3v) is 5.39. The van der Waals surface area contributed by atoms with Gasteiger partial charge in [-0.15, -0.1) is 10.2 Å². The minimum atomic E-state index is 0.147. The van der Waals surface area contributed by atoms with E-state index in [4.69, 9.17) is 16.7 Å². The number of nitrogens with zero attached hydrogens (tertiary/aromatic N) is 4. The second-order valence-corrected chi connectivity index (χ2v) is 7.94. The Balaban J connectivity index is 1.84. The van der Waals surface area contributed by atoms with Crippen LogP contribution in [0.5, 0.6) is 5.75 Å². The molecule has 28 heavy (non-hydrogen) atoms. The fourth-order valence-corrected chi connectivity index (χ4v) is 3.91. The summed E-state index contributed by atoms with van der Waals surface area (Å²) in [6.07, 6.45) is 0.690. The van der Waals surface area contributed by atoms with Crippen LogP contribution in [0.2, 0.25) is 5.02 Å². The van der Waals surface area contributed by atoms with E-state index in [9.17, 15) is 5.11 Å². The number of para-hydroxylation sites is 1. The number of rotatable bonds is 9. The molecule has 8 heteroatoms. The van der Waals surface area contributed by atoms with E-state index >= 15 is 0 Å². The molecule has 3 aromatic rings. The van der Waals surface area contributed by atoms with Crippen molar-refractivity contribution >= 4 is 23.4 Å². The second kappa shape index (κ2) is 9.93. The van der Waals surface area contributed by atoms with Crippen LogP contribution in [-0.2, 0) is 13.1 Å². The Bertz CT molecular complexity index is 919. The Kier molecular flexibility index (Phi) is 7.33. The van der Waals surface area contributed by atoms with E-state index in [2.05, 4.69) is 15.1 Å². The van der Waals surface area contributed by atoms with Crippen LogP contribution < -0.4 is 0 Å². The van der Waals surface area contributed by atoms with Gasteiger partial charge in [-0.3, -0.25) is 9.47 Å². The smallest absolute Gasteiger partial charge is 0.195 e. The molecular weight excluding hydrogens is 396 g/mol. The predicted octanol–water partition coefficient (Wildman–Crippen LogP) is 3.73. The molecule has 0 aliphatic heterocycles. The van der Waals surface area contributed by atoms with Gasteiger partial charge in [0.2, 0.25) is 0 Å². The quantitative estimate of drug-likeness (QED) is 0.407. The van der Waals surface area contributed by atoms with E-state index in [1.54, 1.807) is 17.8 Å². The van der Waals surface area contributed by atoms with E-state index < -0.39 is 0 Å². The third kappa shape index (κ3) is 5.26. The molecule has 0 spiro atoms. The fraction of sp³-hybridized carbons (Fsp3) is 0.300. The maximum absolute atomic E-state index is 10.0. The summed E-state index contributed by atoms with van der Waals surface area (Å²) in [7, 11) is 1.97. The standard InChI is InChI=1S/C20H23ClN4O2S/c1-24(13-15-6-2-3-9-18(15)27)14-19-22-23-20(28-11-5-10-26)25(19)17-8-4-7-16(21)12-17/h2-4,6-9,12,26-27H,5,10-11,13-14H2,1H3. The molecular formula is C20H23ClN4O2S. The summed E-state index contributed by atoms with van der Waals surface area (Å²) < 4.78 is 2.00. The molecule has 0 aliphatic rings. The number of thioether (sulfide) groups is 1. The number of phenols is 1. The van der Waals surface area contributed by atoms with Crippen LogP contribution in [0.1, 0.15) is 17.8 Å². The van der Waals surface area contributed by atoms with E-state index in [0.29, 0.717) is 24.5 Å². The highest BCUT2D eigenvalue weighted by atomic mass is 35.5. The molecule has 148 valence electrons. The van der Waals surface area contributed by atoms with Crippen LogP contribution in [-0.4, -0.2) is 49.3 Å². The molecule has 0 amide bonds. The first-order valence-corrected chi connectivity index (χ1v) is 10.3. The summed E-state index contributed by atoms with van der Waals surface area (Å²) in [5, 5.41) is 29.2. The molecule has 0 saturated heterocycles. The van der Waals surface area contributed by atoms with Crippen LogP contribution in [0, 0.1) is 0 Å². The molecule has 2 N–H and O–H groups in total. The van der Waals surface area contributed by atoms with Gasteiger partial charge in [0.15, 0.2) is 11.0 Å². The number of hydrogen-bond donors (Lipinski definition) is 2. The molecule has 1 heterocycles. The highest BCUT2D eigenvalue weighted by Gasteiger charge is 2.17. The number of aliphatic hydroxyl groups excluding tert-OH is 1. The Hall–Kier alpha value is -2.06. The summed E-state index contributed by atoms with van der Waals surface area (Å²) >= 11 is 7.75. The van der Waals surface area contributed by atoms with E-state index in [-0.39, 0.29) is 12.4 Å². The zero-order valence-corrected chi connectivity index (χ0v) is 17.2. The van der Waals surface area contributed by atoms with Crippen molar-refractivity contribution < 1.29 is 10.2 Å². The topological polar surface area (TPSA) is 74.4 Å². The lowest BCUT2D eigenvalue weighted by Gasteiger charge is -2.18. The zero-order valence-electron chi connectivity index (χ0n) is 15.6. The first-order chi connectivity index (χ1) is 13.6. The molecule has 0 fully saturated rings. The van der Waals surface area contributed by atoms with Crippen LogP contribution in [0.4, 0.5) is 0 Å². The average Bonchev–Trinajstić information content (AvgIpc) is 3.06. The van der Waals surface area contributed by atoms with E-state index in [0.717, 1.165) is 28.0 Å². The van der Waals surface area contributed by atoms with E-state index in [1.165, 1.54) is 0 Å². The lowest BCUT2D eigenvalue weighted by atomic mass is 10.2. The number of aromatic nitrogens is 3. The molecule has 6 nitrogen and oxygen atoms in total. The number of phenolic OH excluding ortho intramolecular Hbond substituents is 1. The molecule has 0 unspecified atom stereocenters. The normalized spacial score (nSPS) is 11.3. The van der Waals surface area contributed by atoms with Crippen molar-refractivity contribution in [3.8, 4) is 11.4 Å². The summed E-state index contributed by atoms with van der Waals surface area (Å²) in [6, 6.07) is 14.9. The Labute approximate surface area is 173 Å². The van der Waals surface area contributed by atoms with Gasteiger partial charge in [-0.1, -0.05) is 47.6 Å². The maximum atomic E-state index is 10.0. The molecule has 0 radical (unpaired) electrons. The van der Waals surface area contributed by atoms with Gasteiger partial charge >= 0.3 is 0 Å². The SMILES string of the molecule is CN(Cc1ccccc1O)Cc1nnc(SCCCO)n1-c1cccc(Cl)c1. The molecule has 1 aromatic heterocycles. The lowest BCUT2D eigenvalue weighted by Crippen LogP contribution is -2.20. The Morgan fingerprint density at radius 2 is 1.93 bits per heavy atom. The van der Waals surface area contributed by atoms with Gasteiger partial charge in [-0.05, 0) is 37.7 Å². The second-order valence-electron chi connectivity index (χ2n) is 6.44. The van der Waals surface area contributed by atoms with Crippen LogP contribution in [0.15, 0.2) is 53.7 Å². The van der Waals surface area contributed by atoms with Gasteiger partial charge < -0.3 is 10.2 Å². The minimum absolute atomic E-state index is 0.147. The number of halogens is 1. The third-order valence-electron chi connectivity index (χ3n) is 4.14. The largest absolute Gasteiger partial charge is 0.508 e. The summed E-state index contributed by atoms with van der Waals surface area (Å²) in [5.74, 6) is 1.82. The average molecular weight is 419 g/mol. The van der Waals surface area contributed by atoms with Gasteiger partial charge in [-0.2, -0.15) is 0 Å². The summed E-state index contributed by atoms with van der Waals surface area (Å²) in [6.45, 7) is 1.28. The zero-order chi connectivity index (χ0) is 19.9. The van der Waals surface area contributed by atoms with Crippen molar-refractivity contribution in [3.63, 3.8) is 0 Å². The number of benzene rings is 2. The van der Waals surface area contributed by atoms with Gasteiger partial charge in [-0.25, -0.2) is 0 Å². The first-order valence-electron chi connectivity index (χ1n) is 8.98. The lowest BCUT2D eigenvalue weighted by molar-refractivity contribution is 0.296. The van der Waals surface area contributed by atoms with Crippen molar-refractivity contribution in [1.29, 1.82) is 0 Å². The van der Waals surface area contributed by atoms with Crippen LogP contribution in [0.3, 0.4) is 0 Å². The van der Waals surface area contributed by atoms with Gasteiger partial charge in [0.1, 0.15) is 5.75 Å². The van der Waals surface area contributed by atoms with Gasteiger partial charge in [0, 0.05) is 29.5 Å². The molecule has 0 bridgehead atoms. The van der Waals surface area contributed by atoms with Crippen molar-refractivity contribution in [2.45, 2.75) is 24.7 Å². The summed E-state index contributed by atoms with van der Waals surface area (Å²) in [5.41, 5.74) is 1.76. The highest BCUT2D eigenvalue weighted by molar-refractivity contribution is 7.99. The molecule has 0 saturated carbocycles. The maximum Gasteiger partial charge on any atom is 0.195 e. The number of aromatic hydroxyl groups is 1. The molecule has 0 atom stereocenters. The minimum Gasteiger partial charge on any atom is -0.508 e. The summed E-state index contributed by atoms with van der Waals surface area (Å²) in [4.78, 5) is 2.07. The fourth-order valence-electron chi connectivity index (χ4n) is 2.83. The first kappa shape index (κ1) is 20.7. The highest BCUT2D eigenvalue weighted by Crippen LogP contribution is 2.25. The monoisotopic (exact) mass is 418 g/mol. The molecule has 3 rings (SSSR count). The van der Waals surface area contributed by atoms with Crippen molar-refractivity contribution in [1.82, 2.24) is 19.7 Å². The van der Waals surface area contributed by atoms with Gasteiger partial charge in [0.05, 0.1) is 12.2 Å². The molecule has 2 aromatic carbocycles. The predicted molar refractivity (Wildman–Crippen MR) is 112 cm³/mol. The van der Waals surface area contributed by atoms with Gasteiger partial charge in [0.25, 0.3) is 0 Å². The number of aliphatic hydroxyl groups is 1. The Morgan fingerprint density at radius 3 is 2.68 bits per heavy atom. The van der Waals surface area contributed by atoms with Crippen molar-refractivity contribution in [3.05, 3.63) is 64.9 Å². The van der Waals surface area contributed by atoms with Crippen molar-refractivity contribution in [2.75, 3.05) is 19.4 Å². The number of hydrogen-bond acceptors (Lipinski definition) is 6.